The van der Waals surface area contributed by atoms with Crippen molar-refractivity contribution in [1.29, 1.82) is 0 Å². The summed E-state index contributed by atoms with van der Waals surface area (Å²) in [5, 5.41) is 10.1. The molecule has 7 heteroatoms. The molecule has 0 spiro atoms. The molecular weight excluding hydrogens is 375 g/mol. The van der Waals surface area contributed by atoms with Crippen molar-refractivity contribution in [1.82, 2.24) is 0 Å². The highest BCUT2D eigenvalue weighted by Gasteiger charge is 2.30. The predicted octanol–water partition coefficient (Wildman–Crippen LogP) is 6.17. The number of halogens is 1. The van der Waals surface area contributed by atoms with Crippen LogP contribution in [0.25, 0.3) is 0 Å². The number of hydrogen-bond acceptors (Lipinski definition) is 3. The molecule has 1 N–H and O–H groups in total. The normalized spacial score (nSPS) is 13.2. The van der Waals surface area contributed by atoms with E-state index in [-0.39, 0.29) is 6.61 Å². The van der Waals surface area contributed by atoms with Gasteiger partial charge in [-0.1, -0.05) is 50.9 Å². The third-order valence-corrected chi connectivity index (χ3v) is 10.8. The van der Waals surface area contributed by atoms with Gasteiger partial charge >= 0.3 is 0 Å². The van der Waals surface area contributed by atoms with Gasteiger partial charge in [-0.3, -0.25) is 4.57 Å². The minimum Gasteiger partial charge on any atom is -0.442 e. The fraction of sp³-hybridized carbons (Fsp3) is 0.647. The quantitative estimate of drug-likeness (QED) is 0.394. The summed E-state index contributed by atoms with van der Waals surface area (Å²) in [6.07, 6.45) is 1.25. The lowest BCUT2D eigenvalue weighted by Crippen LogP contribution is -2.24. The van der Waals surface area contributed by atoms with Crippen LogP contribution in [-0.4, -0.2) is 33.6 Å². The number of benzene rings is 1. The maximum atomic E-state index is 13.5. The Morgan fingerprint density at radius 2 is 1.54 bits per heavy atom. The van der Waals surface area contributed by atoms with Gasteiger partial charge in [-0.15, -0.1) is 0 Å². The molecule has 0 saturated heterocycles. The fourth-order valence-corrected chi connectivity index (χ4v) is 11.4. The summed E-state index contributed by atoms with van der Waals surface area (Å²) in [4.78, 5) is 0. The van der Waals surface area contributed by atoms with E-state index in [2.05, 4.69) is 39.3 Å². The van der Waals surface area contributed by atoms with E-state index in [9.17, 15) is 9.67 Å². The van der Waals surface area contributed by atoms with Crippen LogP contribution in [0.1, 0.15) is 5.56 Å². The molecule has 0 fully saturated rings. The van der Waals surface area contributed by atoms with Crippen LogP contribution in [0.4, 0.5) is 0 Å². The van der Waals surface area contributed by atoms with Crippen molar-refractivity contribution in [2.45, 2.75) is 58.0 Å². The van der Waals surface area contributed by atoms with Crippen molar-refractivity contribution in [2.75, 3.05) is 12.3 Å². The molecule has 0 heterocycles. The van der Waals surface area contributed by atoms with Gasteiger partial charge in [-0.05, 0) is 30.3 Å². The average Bonchev–Trinajstić information content (AvgIpc) is 2.44. The predicted molar refractivity (Wildman–Crippen MR) is 112 cm³/mol. The molecule has 0 aliphatic rings. The molecule has 138 valence electrons. The van der Waals surface area contributed by atoms with Crippen LogP contribution in [0.3, 0.4) is 0 Å². The first-order valence-corrected chi connectivity index (χ1v) is 18.3. The van der Waals surface area contributed by atoms with E-state index in [0.29, 0.717) is 28.7 Å². The Morgan fingerprint density at radius 1 is 1.04 bits per heavy atom. The molecular formula is C17H32ClO3PSi2. The Morgan fingerprint density at radius 3 is 1.96 bits per heavy atom. The van der Waals surface area contributed by atoms with Gasteiger partial charge in [-0.2, -0.15) is 0 Å². The van der Waals surface area contributed by atoms with Crippen molar-refractivity contribution >= 4 is 35.1 Å². The van der Waals surface area contributed by atoms with Crippen molar-refractivity contribution in [3.05, 3.63) is 28.8 Å². The number of aliphatic hydroxyl groups is 1. The van der Waals surface area contributed by atoms with Gasteiger partial charge in [0.15, 0.2) is 0 Å². The SMILES string of the molecule is C[Si](C)(C)CCP(=O)(CC[Si](C)(C)C)Oc1ccc(Cl)cc1CO. The van der Waals surface area contributed by atoms with Gasteiger partial charge in [0.1, 0.15) is 5.75 Å². The van der Waals surface area contributed by atoms with Crippen LogP contribution in [-0.2, 0) is 11.2 Å². The minimum atomic E-state index is -2.77. The zero-order chi connectivity index (χ0) is 18.6. The maximum Gasteiger partial charge on any atom is 0.247 e. The molecule has 0 radical (unpaired) electrons. The highest BCUT2D eigenvalue weighted by Crippen LogP contribution is 2.51. The highest BCUT2D eigenvalue weighted by molar-refractivity contribution is 7.59. The van der Waals surface area contributed by atoms with Crippen LogP contribution >= 0.6 is 19.0 Å². The van der Waals surface area contributed by atoms with E-state index >= 15 is 0 Å². The Labute approximate surface area is 154 Å². The van der Waals surface area contributed by atoms with Crippen LogP contribution in [0.15, 0.2) is 18.2 Å². The van der Waals surface area contributed by atoms with E-state index in [0.717, 1.165) is 12.1 Å². The summed E-state index contributed by atoms with van der Waals surface area (Å²) in [7, 11) is -5.38. The average molecular weight is 407 g/mol. The molecule has 24 heavy (non-hydrogen) atoms. The summed E-state index contributed by atoms with van der Waals surface area (Å²) in [5.41, 5.74) is 0.601. The second kappa shape index (κ2) is 8.54. The van der Waals surface area contributed by atoms with Crippen molar-refractivity contribution in [2.24, 2.45) is 0 Å². The Bertz CT molecular complexity index is 572. The van der Waals surface area contributed by atoms with Crippen LogP contribution < -0.4 is 4.52 Å². The summed E-state index contributed by atoms with van der Waals surface area (Å²) in [5.74, 6) is 0.511. The zero-order valence-corrected chi connectivity index (χ0v) is 19.5. The zero-order valence-electron chi connectivity index (χ0n) is 15.9. The first-order valence-electron chi connectivity index (χ1n) is 8.51. The number of hydrogen-bond donors (Lipinski definition) is 1. The lowest BCUT2D eigenvalue weighted by molar-refractivity contribution is 0.278. The van der Waals surface area contributed by atoms with Crippen LogP contribution in [0.2, 0.25) is 56.4 Å². The highest BCUT2D eigenvalue weighted by atomic mass is 35.5. The molecule has 1 aromatic rings. The van der Waals surface area contributed by atoms with Gasteiger partial charge in [-0.25, -0.2) is 0 Å². The van der Waals surface area contributed by atoms with E-state index in [1.54, 1.807) is 18.2 Å². The topological polar surface area (TPSA) is 46.5 Å². The molecule has 0 aliphatic heterocycles. The molecule has 0 amide bonds. The van der Waals surface area contributed by atoms with Gasteiger partial charge < -0.3 is 9.63 Å². The summed E-state index contributed by atoms with van der Waals surface area (Å²) < 4.78 is 19.6. The lowest BCUT2D eigenvalue weighted by Gasteiger charge is -2.26. The molecule has 3 nitrogen and oxygen atoms in total. The van der Waals surface area contributed by atoms with Gasteiger partial charge in [0.05, 0.1) is 6.61 Å². The molecule has 0 aliphatic carbocycles. The molecule has 1 rings (SSSR count). The monoisotopic (exact) mass is 406 g/mol. The van der Waals surface area contributed by atoms with Gasteiger partial charge in [0, 0.05) is 39.1 Å². The van der Waals surface area contributed by atoms with Gasteiger partial charge in [0.2, 0.25) is 7.37 Å². The first-order chi connectivity index (χ1) is 10.8. The maximum absolute atomic E-state index is 13.5. The van der Waals surface area contributed by atoms with E-state index in [4.69, 9.17) is 16.1 Å². The molecule has 0 atom stereocenters. The minimum absolute atomic E-state index is 0.169. The molecule has 1 aromatic carbocycles. The van der Waals surface area contributed by atoms with Crippen molar-refractivity contribution in [3.63, 3.8) is 0 Å². The van der Waals surface area contributed by atoms with Crippen LogP contribution in [0, 0.1) is 0 Å². The second-order valence-corrected chi connectivity index (χ2v) is 23.3. The molecule has 0 bridgehead atoms. The summed E-state index contributed by atoms with van der Waals surface area (Å²) in [6, 6.07) is 7.09. The Balaban J connectivity index is 3.02. The van der Waals surface area contributed by atoms with E-state index < -0.39 is 23.5 Å². The lowest BCUT2D eigenvalue weighted by atomic mass is 10.2. The van der Waals surface area contributed by atoms with Crippen molar-refractivity contribution < 1.29 is 14.2 Å². The van der Waals surface area contributed by atoms with Crippen molar-refractivity contribution in [3.8, 4) is 5.75 Å². The third-order valence-electron chi connectivity index (χ3n) is 3.86. The molecule has 0 saturated carbocycles. The standard InChI is InChI=1S/C17H32ClO3PSi2/c1-23(2,3)11-9-22(20,10-12-24(4,5)6)21-17-8-7-16(18)13-15(17)14-19/h7-8,13,19H,9-12,14H2,1-6H3. The van der Waals surface area contributed by atoms with Crippen LogP contribution in [0.5, 0.6) is 5.75 Å². The molecule has 0 aromatic heterocycles. The smallest absolute Gasteiger partial charge is 0.247 e. The summed E-state index contributed by atoms with van der Waals surface area (Å²) in [6.45, 7) is 13.6. The Kier molecular flexibility index (Phi) is 7.82. The van der Waals surface area contributed by atoms with E-state index in [1.807, 2.05) is 0 Å². The fourth-order valence-electron chi connectivity index (χ4n) is 2.15. The van der Waals surface area contributed by atoms with E-state index in [1.165, 1.54) is 0 Å². The second-order valence-electron chi connectivity index (χ2n) is 8.88. The summed E-state index contributed by atoms with van der Waals surface area (Å²) >= 11 is 5.98. The van der Waals surface area contributed by atoms with Gasteiger partial charge in [0.25, 0.3) is 0 Å². The largest absolute Gasteiger partial charge is 0.442 e. The molecule has 0 unspecified atom stereocenters. The number of rotatable bonds is 9. The number of aliphatic hydroxyl groups excluding tert-OH is 1. The Hall–Kier alpha value is -0.0662. The third kappa shape index (κ3) is 8.35. The first kappa shape index (κ1) is 22.0.